The first-order valence-electron chi connectivity index (χ1n) is 3.46. The Morgan fingerprint density at radius 2 is 1.31 bits per heavy atom. The van der Waals surface area contributed by atoms with E-state index in [1.165, 1.54) is 0 Å². The molecule has 0 atom stereocenters. The lowest BCUT2D eigenvalue weighted by Crippen LogP contribution is -2.00. The number of ether oxygens (including phenoxy) is 2. The number of hydrogen-bond acceptors (Lipinski definition) is 5. The molecule has 0 radical (unpaired) electrons. The van der Waals surface area contributed by atoms with Crippen molar-refractivity contribution in [2.24, 2.45) is 10.2 Å². The Labute approximate surface area is 75.7 Å². The maximum absolute atomic E-state index is 10.5. The predicted octanol–water partition coefficient (Wildman–Crippen LogP) is 1.91. The fourth-order valence-electron chi connectivity index (χ4n) is 0.386. The zero-order chi connectivity index (χ0) is 9.40. The van der Waals surface area contributed by atoms with E-state index in [9.17, 15) is 9.59 Å². The molecule has 13 heavy (non-hydrogen) atoms. The summed E-state index contributed by atoms with van der Waals surface area (Å²) in [5, 5.41) is 5.84. The molecule has 76 valence electrons. The van der Waals surface area contributed by atoms with Crippen molar-refractivity contribution in [2.45, 2.75) is 13.8 Å². The van der Waals surface area contributed by atoms with Gasteiger partial charge >= 0.3 is 12.2 Å². The van der Waals surface area contributed by atoms with Crippen molar-refractivity contribution < 1.29 is 19.1 Å². The highest BCUT2D eigenvalue weighted by Crippen LogP contribution is 1.88. The summed E-state index contributed by atoms with van der Waals surface area (Å²) >= 11 is 0. The van der Waals surface area contributed by atoms with Crippen LogP contribution in [-0.4, -0.2) is 25.4 Å². The summed E-state index contributed by atoms with van der Waals surface area (Å²) in [4.78, 5) is 20.9. The van der Waals surface area contributed by atoms with Crippen LogP contribution in [-0.2, 0) is 9.47 Å². The third-order valence-electron chi connectivity index (χ3n) is 0.749. The van der Waals surface area contributed by atoms with Crippen LogP contribution in [0.15, 0.2) is 10.2 Å². The van der Waals surface area contributed by atoms with Gasteiger partial charge in [0.2, 0.25) is 0 Å². The highest BCUT2D eigenvalue weighted by Gasteiger charge is 2.00. The lowest BCUT2D eigenvalue weighted by molar-refractivity contribution is 0.152. The molecule has 7 heteroatoms. The average Bonchev–Trinajstić information content (AvgIpc) is 2.02. The molecule has 0 aliphatic heterocycles. The van der Waals surface area contributed by atoms with Gasteiger partial charge in [-0.3, -0.25) is 0 Å². The standard InChI is InChI=1S/C6H10N2O4.H3N/c1-3-11-5(9)7-8-6(10)12-4-2;/h3-4H2,1-2H3;1H3. The minimum Gasteiger partial charge on any atom is -0.447 e. The van der Waals surface area contributed by atoms with Crippen molar-refractivity contribution in [1.29, 1.82) is 0 Å². The Kier molecular flexibility index (Phi) is 9.29. The normalized spacial score (nSPS) is 9.08. The molecular formula is C6H13N3O4. The number of azo groups is 1. The van der Waals surface area contributed by atoms with Gasteiger partial charge in [-0.1, -0.05) is 10.2 Å². The summed E-state index contributed by atoms with van der Waals surface area (Å²) < 4.78 is 8.73. The topological polar surface area (TPSA) is 112 Å². The first kappa shape index (κ1) is 14.0. The number of hydrogen-bond donors (Lipinski definition) is 1. The Morgan fingerprint density at radius 1 is 1.00 bits per heavy atom. The average molecular weight is 191 g/mol. The third kappa shape index (κ3) is 8.41. The largest absolute Gasteiger partial charge is 0.452 e. The van der Waals surface area contributed by atoms with Crippen molar-refractivity contribution >= 4 is 12.2 Å². The van der Waals surface area contributed by atoms with Gasteiger partial charge in [-0.2, -0.15) is 0 Å². The molecule has 0 aromatic heterocycles. The molecule has 0 bridgehead atoms. The van der Waals surface area contributed by atoms with Crippen LogP contribution in [0.25, 0.3) is 0 Å². The van der Waals surface area contributed by atoms with E-state index in [-0.39, 0.29) is 19.4 Å². The van der Waals surface area contributed by atoms with Crippen LogP contribution in [0.5, 0.6) is 0 Å². The molecule has 0 aliphatic carbocycles. The molecule has 0 aromatic rings. The Hall–Kier alpha value is -1.50. The van der Waals surface area contributed by atoms with Gasteiger partial charge in [0.15, 0.2) is 0 Å². The first-order valence-corrected chi connectivity index (χ1v) is 3.46. The number of nitrogens with zero attached hydrogens (tertiary/aromatic N) is 2. The van der Waals surface area contributed by atoms with Gasteiger partial charge < -0.3 is 15.6 Å². The molecule has 2 amide bonds. The van der Waals surface area contributed by atoms with Crippen LogP contribution in [0, 0.1) is 0 Å². The van der Waals surface area contributed by atoms with Gasteiger partial charge in [-0.15, -0.1) is 0 Å². The van der Waals surface area contributed by atoms with Gasteiger partial charge in [0.05, 0.1) is 13.2 Å². The van der Waals surface area contributed by atoms with Crippen molar-refractivity contribution in [1.82, 2.24) is 6.15 Å². The van der Waals surface area contributed by atoms with Crippen molar-refractivity contribution in [3.05, 3.63) is 0 Å². The van der Waals surface area contributed by atoms with E-state index in [0.717, 1.165) is 0 Å². The van der Waals surface area contributed by atoms with E-state index in [4.69, 9.17) is 0 Å². The third-order valence-corrected chi connectivity index (χ3v) is 0.749. The molecule has 0 aliphatic rings. The van der Waals surface area contributed by atoms with Crippen LogP contribution < -0.4 is 6.15 Å². The minimum atomic E-state index is -0.898. The van der Waals surface area contributed by atoms with Crippen LogP contribution in [0.2, 0.25) is 0 Å². The fraction of sp³-hybridized carbons (Fsp3) is 0.667. The quantitative estimate of drug-likeness (QED) is 0.669. The summed E-state index contributed by atoms with van der Waals surface area (Å²) in [6.45, 7) is 3.64. The van der Waals surface area contributed by atoms with E-state index in [0.29, 0.717) is 0 Å². The van der Waals surface area contributed by atoms with Gasteiger partial charge in [0, 0.05) is 0 Å². The first-order chi connectivity index (χ1) is 5.70. The van der Waals surface area contributed by atoms with Gasteiger partial charge in [-0.25, -0.2) is 9.59 Å². The lowest BCUT2D eigenvalue weighted by Gasteiger charge is -1.93. The van der Waals surface area contributed by atoms with Crippen LogP contribution in [0.3, 0.4) is 0 Å². The van der Waals surface area contributed by atoms with Crippen LogP contribution in [0.4, 0.5) is 9.59 Å². The second-order valence-electron chi connectivity index (χ2n) is 1.60. The SMILES string of the molecule is CCOC(=O)N=NC(=O)OCC.N. The van der Waals surface area contributed by atoms with Gasteiger partial charge in [-0.05, 0) is 13.8 Å². The molecule has 0 fully saturated rings. The second-order valence-corrected chi connectivity index (χ2v) is 1.60. The Morgan fingerprint density at radius 3 is 1.54 bits per heavy atom. The number of carbonyl (C=O) groups is 2. The zero-order valence-electron chi connectivity index (χ0n) is 7.65. The van der Waals surface area contributed by atoms with Gasteiger partial charge in [0.25, 0.3) is 0 Å². The van der Waals surface area contributed by atoms with Crippen molar-refractivity contribution in [2.75, 3.05) is 13.2 Å². The van der Waals surface area contributed by atoms with E-state index < -0.39 is 12.2 Å². The van der Waals surface area contributed by atoms with Gasteiger partial charge in [0.1, 0.15) is 0 Å². The summed E-state index contributed by atoms with van der Waals surface area (Å²) in [6, 6.07) is 0. The molecule has 0 rings (SSSR count). The zero-order valence-corrected chi connectivity index (χ0v) is 7.65. The molecular weight excluding hydrogens is 178 g/mol. The maximum atomic E-state index is 10.5. The van der Waals surface area contributed by atoms with Crippen LogP contribution in [0.1, 0.15) is 13.8 Å². The summed E-state index contributed by atoms with van der Waals surface area (Å²) in [7, 11) is 0. The number of amides is 2. The molecule has 0 aromatic carbocycles. The highest BCUT2D eigenvalue weighted by molar-refractivity contribution is 5.73. The van der Waals surface area contributed by atoms with E-state index in [1.54, 1.807) is 13.8 Å². The molecule has 0 heterocycles. The van der Waals surface area contributed by atoms with E-state index in [2.05, 4.69) is 19.7 Å². The predicted molar refractivity (Wildman–Crippen MR) is 43.9 cm³/mol. The fourth-order valence-corrected chi connectivity index (χ4v) is 0.386. The lowest BCUT2D eigenvalue weighted by atomic mass is 10.9. The highest BCUT2D eigenvalue weighted by atomic mass is 16.6. The molecule has 7 nitrogen and oxygen atoms in total. The molecule has 0 saturated carbocycles. The summed E-state index contributed by atoms with van der Waals surface area (Å²) in [6.07, 6.45) is -1.80. The Bertz CT molecular complexity index is 172. The summed E-state index contributed by atoms with van der Waals surface area (Å²) in [5.74, 6) is 0. The summed E-state index contributed by atoms with van der Waals surface area (Å²) in [5.41, 5.74) is 0. The molecule has 0 spiro atoms. The monoisotopic (exact) mass is 191 g/mol. The molecule has 3 N–H and O–H groups in total. The van der Waals surface area contributed by atoms with Crippen molar-refractivity contribution in [3.63, 3.8) is 0 Å². The van der Waals surface area contributed by atoms with E-state index in [1.807, 2.05) is 0 Å². The molecule has 0 unspecified atom stereocenters. The Balaban J connectivity index is 0. The molecule has 0 saturated heterocycles. The minimum absolute atomic E-state index is 0. The van der Waals surface area contributed by atoms with Crippen molar-refractivity contribution in [3.8, 4) is 0 Å². The smallest absolute Gasteiger partial charge is 0.447 e. The van der Waals surface area contributed by atoms with E-state index >= 15 is 0 Å². The second kappa shape index (κ2) is 8.60. The van der Waals surface area contributed by atoms with Crippen LogP contribution >= 0.6 is 0 Å². The number of carbonyl (C=O) groups excluding carboxylic acids is 2. The number of rotatable bonds is 2. The maximum Gasteiger partial charge on any atom is 0.452 e.